The Labute approximate surface area is 137 Å². The predicted octanol–water partition coefficient (Wildman–Crippen LogP) is 2.18. The summed E-state index contributed by atoms with van der Waals surface area (Å²) in [6, 6.07) is 3.32. The maximum Gasteiger partial charge on any atom is 0.289 e. The average molecular weight is 334 g/mol. The fourth-order valence-corrected chi connectivity index (χ4v) is 3.27. The molecule has 3 rings (SSSR count). The van der Waals surface area contributed by atoms with Crippen LogP contribution in [0.25, 0.3) is 0 Å². The van der Waals surface area contributed by atoms with Crippen molar-refractivity contribution in [1.82, 2.24) is 15.1 Å². The van der Waals surface area contributed by atoms with E-state index in [4.69, 9.17) is 4.42 Å². The minimum absolute atomic E-state index is 0.110. The molecule has 0 spiro atoms. The van der Waals surface area contributed by atoms with E-state index in [1.54, 1.807) is 17.0 Å². The van der Waals surface area contributed by atoms with Gasteiger partial charge in [-0.3, -0.25) is 9.59 Å². The topological polar surface area (TPSA) is 88.3 Å². The molecule has 8 heteroatoms. The molecule has 1 N–H and O–H groups in total. The first-order chi connectivity index (χ1) is 11.2. The second-order valence-electron chi connectivity index (χ2n) is 5.41. The van der Waals surface area contributed by atoms with E-state index in [0.29, 0.717) is 24.0 Å². The summed E-state index contributed by atoms with van der Waals surface area (Å²) in [5.74, 6) is -0.211. The molecule has 1 aliphatic rings. The third-order valence-corrected chi connectivity index (χ3v) is 4.79. The van der Waals surface area contributed by atoms with E-state index in [1.165, 1.54) is 17.6 Å². The van der Waals surface area contributed by atoms with Crippen LogP contribution < -0.4 is 5.32 Å². The highest BCUT2D eigenvalue weighted by atomic mass is 32.1. The highest BCUT2D eigenvalue weighted by Crippen LogP contribution is 2.22. The lowest BCUT2D eigenvalue weighted by Crippen LogP contribution is -2.43. The number of carbonyl (C=O) groups is 2. The molecular weight excluding hydrogens is 316 g/mol. The highest BCUT2D eigenvalue weighted by molar-refractivity contribution is 7.15. The predicted molar refractivity (Wildman–Crippen MR) is 85.3 cm³/mol. The van der Waals surface area contributed by atoms with Gasteiger partial charge in [0, 0.05) is 13.1 Å². The van der Waals surface area contributed by atoms with E-state index in [0.717, 1.165) is 24.3 Å². The Morgan fingerprint density at radius 3 is 3.04 bits per heavy atom. The van der Waals surface area contributed by atoms with Gasteiger partial charge in [0.1, 0.15) is 5.01 Å². The van der Waals surface area contributed by atoms with E-state index in [1.807, 2.05) is 6.92 Å². The quantitative estimate of drug-likeness (QED) is 0.926. The molecule has 1 saturated heterocycles. The van der Waals surface area contributed by atoms with Gasteiger partial charge in [0.05, 0.1) is 12.2 Å². The molecule has 2 aromatic rings. The second kappa shape index (κ2) is 6.91. The normalized spacial score (nSPS) is 18.0. The Morgan fingerprint density at radius 2 is 2.35 bits per heavy atom. The van der Waals surface area contributed by atoms with Crippen LogP contribution in [0.15, 0.2) is 22.8 Å². The van der Waals surface area contributed by atoms with Crippen LogP contribution in [0.2, 0.25) is 0 Å². The minimum atomic E-state index is -0.239. The van der Waals surface area contributed by atoms with E-state index in [9.17, 15) is 9.59 Å². The number of hydrogen-bond donors (Lipinski definition) is 1. The van der Waals surface area contributed by atoms with Gasteiger partial charge < -0.3 is 14.6 Å². The number of amides is 2. The lowest BCUT2D eigenvalue weighted by Gasteiger charge is -2.31. The first kappa shape index (κ1) is 15.7. The van der Waals surface area contributed by atoms with Crippen molar-refractivity contribution in [3.63, 3.8) is 0 Å². The molecule has 1 atom stereocenters. The van der Waals surface area contributed by atoms with Crippen molar-refractivity contribution in [2.75, 3.05) is 18.4 Å². The van der Waals surface area contributed by atoms with Crippen LogP contribution in [0.1, 0.15) is 35.3 Å². The summed E-state index contributed by atoms with van der Waals surface area (Å²) in [6.07, 6.45) is 3.82. The number of furan rings is 1. The van der Waals surface area contributed by atoms with E-state index in [2.05, 4.69) is 15.5 Å². The smallest absolute Gasteiger partial charge is 0.289 e. The van der Waals surface area contributed by atoms with Crippen molar-refractivity contribution in [2.24, 2.45) is 5.92 Å². The number of hydrogen-bond acceptors (Lipinski definition) is 6. The Balaban J connectivity index is 1.61. The number of carbonyl (C=O) groups excluding carboxylic acids is 2. The average Bonchev–Trinajstić information content (AvgIpc) is 3.26. The zero-order valence-corrected chi connectivity index (χ0v) is 13.6. The van der Waals surface area contributed by atoms with Crippen molar-refractivity contribution in [3.8, 4) is 0 Å². The fourth-order valence-electron chi connectivity index (χ4n) is 2.59. The summed E-state index contributed by atoms with van der Waals surface area (Å²) >= 11 is 1.38. The lowest BCUT2D eigenvalue weighted by atomic mass is 9.97. The molecule has 0 bridgehead atoms. The number of anilines is 1. The van der Waals surface area contributed by atoms with Crippen LogP contribution in [0.4, 0.5) is 5.13 Å². The van der Waals surface area contributed by atoms with Gasteiger partial charge in [-0.05, 0) is 31.4 Å². The summed E-state index contributed by atoms with van der Waals surface area (Å²) in [7, 11) is 0. The van der Waals surface area contributed by atoms with Crippen LogP contribution >= 0.6 is 11.3 Å². The van der Waals surface area contributed by atoms with Crippen molar-refractivity contribution in [2.45, 2.75) is 26.2 Å². The molecule has 23 heavy (non-hydrogen) atoms. The second-order valence-corrected chi connectivity index (χ2v) is 6.47. The van der Waals surface area contributed by atoms with Gasteiger partial charge in [0.2, 0.25) is 11.0 Å². The van der Waals surface area contributed by atoms with Gasteiger partial charge in [0.15, 0.2) is 5.76 Å². The van der Waals surface area contributed by atoms with Crippen molar-refractivity contribution < 1.29 is 14.0 Å². The Morgan fingerprint density at radius 1 is 1.48 bits per heavy atom. The lowest BCUT2D eigenvalue weighted by molar-refractivity contribution is -0.121. The Hall–Kier alpha value is -2.22. The van der Waals surface area contributed by atoms with Gasteiger partial charge in [-0.25, -0.2) is 0 Å². The number of aryl methyl sites for hydroxylation is 1. The third-order valence-electron chi connectivity index (χ3n) is 3.81. The minimum Gasteiger partial charge on any atom is -0.459 e. The van der Waals surface area contributed by atoms with Gasteiger partial charge in [-0.2, -0.15) is 0 Å². The summed E-state index contributed by atoms with van der Waals surface area (Å²) < 4.78 is 5.15. The van der Waals surface area contributed by atoms with Gasteiger partial charge in [-0.15, -0.1) is 10.2 Å². The van der Waals surface area contributed by atoms with Crippen molar-refractivity contribution >= 4 is 28.3 Å². The van der Waals surface area contributed by atoms with Crippen LogP contribution in [0, 0.1) is 5.92 Å². The largest absolute Gasteiger partial charge is 0.459 e. The van der Waals surface area contributed by atoms with Crippen LogP contribution in [-0.2, 0) is 11.2 Å². The van der Waals surface area contributed by atoms with E-state index < -0.39 is 0 Å². The molecule has 1 aliphatic heterocycles. The number of likely N-dealkylation sites (tertiary alicyclic amines) is 1. The zero-order chi connectivity index (χ0) is 16.2. The van der Waals surface area contributed by atoms with E-state index in [-0.39, 0.29) is 17.7 Å². The summed E-state index contributed by atoms with van der Waals surface area (Å²) in [6.45, 7) is 3.03. The molecule has 3 heterocycles. The van der Waals surface area contributed by atoms with Crippen molar-refractivity contribution in [3.05, 3.63) is 29.2 Å². The molecular formula is C15H18N4O3S. The van der Waals surface area contributed by atoms with Crippen LogP contribution in [0.5, 0.6) is 0 Å². The first-order valence-electron chi connectivity index (χ1n) is 7.63. The summed E-state index contributed by atoms with van der Waals surface area (Å²) in [5.41, 5.74) is 0. The summed E-state index contributed by atoms with van der Waals surface area (Å²) in [4.78, 5) is 26.4. The maximum atomic E-state index is 12.4. The molecule has 0 aliphatic carbocycles. The zero-order valence-electron chi connectivity index (χ0n) is 12.8. The number of piperidine rings is 1. The third kappa shape index (κ3) is 3.58. The summed E-state index contributed by atoms with van der Waals surface area (Å²) in [5, 5.41) is 12.2. The molecule has 2 amide bonds. The maximum absolute atomic E-state index is 12.4. The van der Waals surface area contributed by atoms with Crippen molar-refractivity contribution in [1.29, 1.82) is 0 Å². The van der Waals surface area contributed by atoms with Gasteiger partial charge in [-0.1, -0.05) is 18.3 Å². The van der Waals surface area contributed by atoms with Gasteiger partial charge in [0.25, 0.3) is 5.91 Å². The fraction of sp³-hybridized carbons (Fsp3) is 0.467. The standard InChI is InChI=1S/C15H18N4O3S/c1-2-12-17-18-15(23-12)16-13(20)10-5-3-7-19(9-10)14(21)11-6-4-8-22-11/h4,6,8,10H,2-3,5,7,9H2,1H3,(H,16,18,20)/t10-/m0/s1. The van der Waals surface area contributed by atoms with E-state index >= 15 is 0 Å². The molecule has 122 valence electrons. The monoisotopic (exact) mass is 334 g/mol. The number of nitrogens with zero attached hydrogens (tertiary/aromatic N) is 3. The first-order valence-corrected chi connectivity index (χ1v) is 8.45. The molecule has 1 fully saturated rings. The molecule has 0 saturated carbocycles. The number of aromatic nitrogens is 2. The molecule has 7 nitrogen and oxygen atoms in total. The number of nitrogens with one attached hydrogen (secondary N) is 1. The molecule has 2 aromatic heterocycles. The highest BCUT2D eigenvalue weighted by Gasteiger charge is 2.30. The SMILES string of the molecule is CCc1nnc(NC(=O)[C@H]2CCCN(C(=O)c3ccco3)C2)s1. The van der Waals surface area contributed by atoms with Crippen LogP contribution in [0.3, 0.4) is 0 Å². The Bertz CT molecular complexity index is 683. The molecule has 0 unspecified atom stereocenters. The number of rotatable bonds is 4. The molecule has 0 radical (unpaired) electrons. The van der Waals surface area contributed by atoms with Gasteiger partial charge >= 0.3 is 0 Å². The Kier molecular flexibility index (Phi) is 4.71. The molecule has 0 aromatic carbocycles. The van der Waals surface area contributed by atoms with Crippen LogP contribution in [-0.4, -0.2) is 40.0 Å².